The van der Waals surface area contributed by atoms with Gasteiger partial charge in [-0.05, 0) is 32.2 Å². The van der Waals surface area contributed by atoms with E-state index in [1.165, 1.54) is 17.3 Å². The zero-order valence-corrected chi connectivity index (χ0v) is 12.2. The molecule has 5 heteroatoms. The van der Waals surface area contributed by atoms with Gasteiger partial charge in [-0.25, -0.2) is 9.97 Å². The van der Waals surface area contributed by atoms with Crippen molar-refractivity contribution in [3.05, 3.63) is 35.9 Å². The van der Waals surface area contributed by atoms with E-state index in [0.29, 0.717) is 0 Å². The number of thioether (sulfide) groups is 1. The lowest BCUT2D eigenvalue weighted by Gasteiger charge is -2.09. The highest BCUT2D eigenvalue weighted by Gasteiger charge is 2.03. The predicted octanol–water partition coefficient (Wildman–Crippen LogP) is 3.68. The first-order valence-corrected chi connectivity index (χ1v) is 7.44. The van der Waals surface area contributed by atoms with E-state index in [0.717, 1.165) is 29.0 Å². The van der Waals surface area contributed by atoms with Crippen molar-refractivity contribution in [3.63, 3.8) is 0 Å². The van der Waals surface area contributed by atoms with Gasteiger partial charge < -0.3 is 10.6 Å². The second kappa shape index (κ2) is 6.43. The summed E-state index contributed by atoms with van der Waals surface area (Å²) in [6, 6.07) is 10.2. The van der Waals surface area contributed by atoms with Crippen molar-refractivity contribution in [2.45, 2.75) is 19.0 Å². The summed E-state index contributed by atoms with van der Waals surface area (Å²) in [5.74, 6) is 1.65. The van der Waals surface area contributed by atoms with Gasteiger partial charge in [0.25, 0.3) is 0 Å². The highest BCUT2D eigenvalue weighted by Crippen LogP contribution is 2.21. The van der Waals surface area contributed by atoms with Crippen LogP contribution in [0.4, 0.5) is 17.3 Å². The zero-order valence-electron chi connectivity index (χ0n) is 11.4. The molecule has 2 rings (SSSR count). The molecular weight excluding hydrogens is 256 g/mol. The number of nitrogens with zero attached hydrogens (tertiary/aromatic N) is 2. The Morgan fingerprint density at radius 2 is 1.79 bits per heavy atom. The van der Waals surface area contributed by atoms with Gasteiger partial charge in [0, 0.05) is 18.3 Å². The van der Waals surface area contributed by atoms with E-state index in [4.69, 9.17) is 0 Å². The van der Waals surface area contributed by atoms with Gasteiger partial charge in [0.05, 0.1) is 0 Å². The first kappa shape index (κ1) is 13.7. The minimum Gasteiger partial charge on any atom is -0.370 e. The molecule has 0 unspecified atom stereocenters. The van der Waals surface area contributed by atoms with E-state index in [2.05, 4.69) is 39.7 Å². The van der Waals surface area contributed by atoms with Crippen molar-refractivity contribution in [3.8, 4) is 0 Å². The highest BCUT2D eigenvalue weighted by molar-refractivity contribution is 7.98. The Hall–Kier alpha value is -1.75. The van der Waals surface area contributed by atoms with Crippen molar-refractivity contribution in [1.82, 2.24) is 9.97 Å². The second-order valence-electron chi connectivity index (χ2n) is 4.15. The molecular formula is C14H18N4S. The molecule has 4 nitrogen and oxygen atoms in total. The molecule has 0 aliphatic rings. The third-order valence-electron chi connectivity index (χ3n) is 2.57. The summed E-state index contributed by atoms with van der Waals surface area (Å²) in [4.78, 5) is 8.85. The molecule has 0 aliphatic carbocycles. The molecule has 0 fully saturated rings. The van der Waals surface area contributed by atoms with Crippen LogP contribution >= 0.6 is 11.8 Å². The number of anilines is 3. The van der Waals surface area contributed by atoms with E-state index in [1.807, 2.05) is 31.4 Å². The van der Waals surface area contributed by atoms with Crippen molar-refractivity contribution < 1.29 is 0 Å². The van der Waals surface area contributed by atoms with E-state index in [9.17, 15) is 0 Å². The van der Waals surface area contributed by atoms with E-state index in [1.54, 1.807) is 0 Å². The van der Waals surface area contributed by atoms with E-state index >= 15 is 0 Å². The van der Waals surface area contributed by atoms with Crippen LogP contribution < -0.4 is 10.6 Å². The smallest absolute Gasteiger partial charge is 0.191 e. The Morgan fingerprint density at radius 1 is 1.11 bits per heavy atom. The third kappa shape index (κ3) is 3.86. The molecule has 100 valence electrons. The number of rotatable bonds is 5. The Labute approximate surface area is 118 Å². The summed E-state index contributed by atoms with van der Waals surface area (Å²) < 4.78 is 0. The molecule has 0 amide bonds. The lowest BCUT2D eigenvalue weighted by Crippen LogP contribution is -2.03. The predicted molar refractivity (Wildman–Crippen MR) is 82.4 cm³/mol. The largest absolute Gasteiger partial charge is 0.370 e. The minimum atomic E-state index is 0.757. The molecule has 0 bridgehead atoms. The number of aryl methyl sites for hydroxylation is 1. The van der Waals surface area contributed by atoms with Crippen LogP contribution in [-0.4, -0.2) is 22.8 Å². The third-order valence-corrected chi connectivity index (χ3v) is 3.12. The fourth-order valence-corrected chi connectivity index (χ4v) is 2.02. The Balaban J connectivity index is 2.23. The van der Waals surface area contributed by atoms with Crippen molar-refractivity contribution in [1.29, 1.82) is 0 Å². The maximum absolute atomic E-state index is 4.45. The molecule has 0 radical (unpaired) electrons. The fourth-order valence-electron chi connectivity index (χ4n) is 1.64. The molecule has 0 saturated heterocycles. The van der Waals surface area contributed by atoms with Gasteiger partial charge >= 0.3 is 0 Å². The number of nitrogens with one attached hydrogen (secondary N) is 2. The topological polar surface area (TPSA) is 49.8 Å². The minimum absolute atomic E-state index is 0.757. The summed E-state index contributed by atoms with van der Waals surface area (Å²) in [5, 5.41) is 7.27. The molecule has 1 heterocycles. The molecule has 1 aromatic carbocycles. The zero-order chi connectivity index (χ0) is 13.7. The van der Waals surface area contributed by atoms with Gasteiger partial charge in [-0.3, -0.25) is 0 Å². The quantitative estimate of drug-likeness (QED) is 0.643. The van der Waals surface area contributed by atoms with Crippen LogP contribution in [-0.2, 0) is 0 Å². The Kier molecular flexibility index (Phi) is 4.63. The van der Waals surface area contributed by atoms with Crippen molar-refractivity contribution in [2.75, 3.05) is 23.4 Å². The monoisotopic (exact) mass is 274 g/mol. The summed E-state index contributed by atoms with van der Waals surface area (Å²) >= 11 is 1.53. The van der Waals surface area contributed by atoms with Gasteiger partial charge in [-0.2, -0.15) is 0 Å². The Bertz CT molecular complexity index is 540. The van der Waals surface area contributed by atoms with Crippen LogP contribution in [0, 0.1) is 6.92 Å². The van der Waals surface area contributed by atoms with Gasteiger partial charge in [-0.15, -0.1) is 0 Å². The fraction of sp³-hybridized carbons (Fsp3) is 0.286. The highest BCUT2D eigenvalue weighted by atomic mass is 32.2. The summed E-state index contributed by atoms with van der Waals surface area (Å²) in [7, 11) is 0. The standard InChI is InChI=1S/C14H18N4S/c1-4-15-12-9-13(18-14(17-12)19-3)16-11-7-5-10(2)6-8-11/h5-9H,4H2,1-3H3,(H2,15,16,17,18). The SMILES string of the molecule is CCNc1cc(Nc2ccc(C)cc2)nc(SC)n1. The van der Waals surface area contributed by atoms with Crippen LogP contribution in [0.25, 0.3) is 0 Å². The number of hydrogen-bond acceptors (Lipinski definition) is 5. The average molecular weight is 274 g/mol. The van der Waals surface area contributed by atoms with Crippen LogP contribution in [0.15, 0.2) is 35.5 Å². The number of aromatic nitrogens is 2. The van der Waals surface area contributed by atoms with E-state index < -0.39 is 0 Å². The first-order valence-electron chi connectivity index (χ1n) is 6.22. The lowest BCUT2D eigenvalue weighted by molar-refractivity contribution is 0.967. The molecule has 0 aliphatic heterocycles. The van der Waals surface area contributed by atoms with Crippen molar-refractivity contribution in [2.24, 2.45) is 0 Å². The van der Waals surface area contributed by atoms with Crippen molar-refractivity contribution >= 4 is 29.1 Å². The van der Waals surface area contributed by atoms with Gasteiger partial charge in [-0.1, -0.05) is 29.5 Å². The summed E-state index contributed by atoms with van der Waals surface area (Å²) in [5.41, 5.74) is 2.27. The van der Waals surface area contributed by atoms with Gasteiger partial charge in [0.2, 0.25) is 0 Å². The molecule has 1 aromatic heterocycles. The maximum Gasteiger partial charge on any atom is 0.191 e. The average Bonchev–Trinajstić information content (AvgIpc) is 2.41. The molecule has 0 spiro atoms. The van der Waals surface area contributed by atoms with Crippen LogP contribution in [0.2, 0.25) is 0 Å². The summed E-state index contributed by atoms with van der Waals surface area (Å²) in [6.07, 6.45) is 1.97. The van der Waals surface area contributed by atoms with E-state index in [-0.39, 0.29) is 0 Å². The van der Waals surface area contributed by atoms with Crippen LogP contribution in [0.3, 0.4) is 0 Å². The molecule has 0 atom stereocenters. The maximum atomic E-state index is 4.45. The first-order chi connectivity index (χ1) is 9.21. The molecule has 2 N–H and O–H groups in total. The van der Waals surface area contributed by atoms with Gasteiger partial charge in [0.15, 0.2) is 5.16 Å². The van der Waals surface area contributed by atoms with Crippen LogP contribution in [0.1, 0.15) is 12.5 Å². The number of hydrogen-bond donors (Lipinski definition) is 2. The molecule has 19 heavy (non-hydrogen) atoms. The number of benzene rings is 1. The van der Waals surface area contributed by atoms with Gasteiger partial charge in [0.1, 0.15) is 11.6 Å². The summed E-state index contributed by atoms with van der Waals surface area (Å²) in [6.45, 7) is 4.96. The lowest BCUT2D eigenvalue weighted by atomic mass is 10.2. The molecule has 0 saturated carbocycles. The second-order valence-corrected chi connectivity index (χ2v) is 4.92. The Morgan fingerprint density at radius 3 is 2.42 bits per heavy atom. The molecule has 2 aromatic rings. The normalized spacial score (nSPS) is 10.3. The van der Waals surface area contributed by atoms with Crippen LogP contribution in [0.5, 0.6) is 0 Å².